The maximum absolute atomic E-state index is 5.74. The molecular formula is C20H22NOP. The van der Waals surface area contributed by atoms with Crippen molar-refractivity contribution in [2.75, 3.05) is 0 Å². The summed E-state index contributed by atoms with van der Waals surface area (Å²) in [5.74, 6) is 0. The number of rotatable bonds is 2. The first-order valence-electron chi connectivity index (χ1n) is 7.87. The predicted octanol–water partition coefficient (Wildman–Crippen LogP) is 6.44. The molecule has 3 heteroatoms. The molecule has 0 spiro atoms. The highest BCUT2D eigenvalue weighted by atomic mass is 31.0. The fraction of sp³-hybridized carbons (Fsp3) is 0.300. The van der Waals surface area contributed by atoms with Gasteiger partial charge in [0.15, 0.2) is 5.49 Å². The molecule has 0 aliphatic heterocycles. The summed E-state index contributed by atoms with van der Waals surface area (Å²) in [4.78, 5) is 0. The molecule has 0 bridgehead atoms. The van der Waals surface area contributed by atoms with Gasteiger partial charge in [0.25, 0.3) is 0 Å². The van der Waals surface area contributed by atoms with Crippen LogP contribution in [0.15, 0.2) is 28.8 Å². The zero-order valence-corrected chi connectivity index (χ0v) is 15.5. The lowest BCUT2D eigenvalue weighted by Crippen LogP contribution is -1.88. The molecule has 0 N–H and O–H groups in total. The van der Waals surface area contributed by atoms with E-state index in [4.69, 9.17) is 4.52 Å². The number of hydrogen-bond donors (Lipinski definition) is 0. The first-order valence-corrected chi connectivity index (χ1v) is 8.76. The summed E-state index contributed by atoms with van der Waals surface area (Å²) < 4.78 is 5.74. The summed E-state index contributed by atoms with van der Waals surface area (Å²) in [6.45, 7) is 12.8. The van der Waals surface area contributed by atoms with E-state index in [-0.39, 0.29) is 0 Å². The van der Waals surface area contributed by atoms with Crippen molar-refractivity contribution in [1.29, 1.82) is 0 Å². The van der Waals surface area contributed by atoms with E-state index < -0.39 is 0 Å². The summed E-state index contributed by atoms with van der Waals surface area (Å²) in [5, 5.41) is 4.39. The Kier molecular flexibility index (Phi) is 4.12. The molecule has 0 amide bonds. The Morgan fingerprint density at radius 1 is 0.696 bits per heavy atom. The van der Waals surface area contributed by atoms with Gasteiger partial charge in [-0.2, -0.15) is 0 Å². The molecule has 2 nitrogen and oxygen atoms in total. The SMILES string of the molecule is Cc1cc(C)c(-c2noc(-c3c(C)cc(C)cc3C)p2)c(C)c1. The second-order valence-electron chi connectivity index (χ2n) is 6.47. The van der Waals surface area contributed by atoms with Crippen LogP contribution >= 0.6 is 8.19 Å². The first kappa shape index (κ1) is 16.0. The van der Waals surface area contributed by atoms with E-state index in [1.54, 1.807) is 0 Å². The molecule has 0 aliphatic rings. The van der Waals surface area contributed by atoms with Gasteiger partial charge in [0.2, 0.25) is 0 Å². The topological polar surface area (TPSA) is 26.0 Å². The minimum atomic E-state index is 0.939. The van der Waals surface area contributed by atoms with Gasteiger partial charge in [-0.1, -0.05) is 40.5 Å². The fourth-order valence-corrected chi connectivity index (χ4v) is 4.76. The Hall–Kier alpha value is -1.92. The smallest absolute Gasteiger partial charge is 0.193 e. The molecule has 0 saturated heterocycles. The summed E-state index contributed by atoms with van der Waals surface area (Å²) in [6, 6.07) is 8.82. The van der Waals surface area contributed by atoms with Crippen molar-refractivity contribution in [3.05, 3.63) is 57.6 Å². The lowest BCUT2D eigenvalue weighted by molar-refractivity contribution is 0.436. The van der Waals surface area contributed by atoms with Crippen molar-refractivity contribution in [2.45, 2.75) is 41.5 Å². The van der Waals surface area contributed by atoms with E-state index in [9.17, 15) is 0 Å². The van der Waals surface area contributed by atoms with Gasteiger partial charge in [0.1, 0.15) is 5.43 Å². The van der Waals surface area contributed by atoms with Crippen molar-refractivity contribution in [1.82, 2.24) is 5.16 Å². The zero-order valence-electron chi connectivity index (χ0n) is 14.6. The highest BCUT2D eigenvalue weighted by molar-refractivity contribution is 7.37. The van der Waals surface area contributed by atoms with Gasteiger partial charge < -0.3 is 4.52 Å². The van der Waals surface area contributed by atoms with Crippen molar-refractivity contribution < 1.29 is 4.52 Å². The van der Waals surface area contributed by atoms with E-state index in [1.165, 1.54) is 44.5 Å². The number of benzene rings is 2. The maximum atomic E-state index is 5.74. The fourth-order valence-electron chi connectivity index (χ4n) is 3.48. The molecule has 1 aromatic heterocycles. The second-order valence-corrected chi connectivity index (χ2v) is 7.52. The van der Waals surface area contributed by atoms with Crippen LogP contribution in [0, 0.1) is 41.5 Å². The van der Waals surface area contributed by atoms with E-state index in [2.05, 4.69) is 71.0 Å². The van der Waals surface area contributed by atoms with Gasteiger partial charge in [-0.05, 0) is 63.8 Å². The van der Waals surface area contributed by atoms with Crippen LogP contribution in [0.2, 0.25) is 0 Å². The number of aromatic nitrogens is 1. The summed E-state index contributed by atoms with van der Waals surface area (Å²) in [5.41, 5.74) is 11.9. The number of hydrogen-bond acceptors (Lipinski definition) is 2. The molecule has 23 heavy (non-hydrogen) atoms. The van der Waals surface area contributed by atoms with Crippen LogP contribution in [-0.4, -0.2) is 5.16 Å². The third-order valence-corrected chi connectivity index (χ3v) is 5.24. The lowest BCUT2D eigenvalue weighted by atomic mass is 10.0. The summed E-state index contributed by atoms with van der Waals surface area (Å²) in [7, 11) is 1.05. The average Bonchev–Trinajstić information content (AvgIpc) is 2.85. The standard InChI is InChI=1S/C20H22NOP/c1-11-7-13(3)17(14(4)8-11)19-21-22-20(23-19)18-15(5)9-12(2)10-16(18)6/h7-10H,1-6H3. The van der Waals surface area contributed by atoms with Crippen molar-refractivity contribution >= 4 is 8.19 Å². The Morgan fingerprint density at radius 2 is 1.13 bits per heavy atom. The Labute approximate surface area is 139 Å². The van der Waals surface area contributed by atoms with Gasteiger partial charge in [-0.15, -0.1) is 0 Å². The number of aryl methyl sites for hydroxylation is 6. The van der Waals surface area contributed by atoms with Gasteiger partial charge >= 0.3 is 0 Å². The molecule has 118 valence electrons. The van der Waals surface area contributed by atoms with Crippen LogP contribution in [0.25, 0.3) is 22.0 Å². The molecule has 0 aliphatic carbocycles. The van der Waals surface area contributed by atoms with Crippen LogP contribution in [0.3, 0.4) is 0 Å². The predicted molar refractivity (Wildman–Crippen MR) is 98.3 cm³/mol. The van der Waals surface area contributed by atoms with Crippen LogP contribution in [0.5, 0.6) is 0 Å². The molecule has 1 heterocycles. The third kappa shape index (κ3) is 2.96. The second kappa shape index (κ2) is 5.94. The molecule has 2 aromatic carbocycles. The molecule has 3 rings (SSSR count). The van der Waals surface area contributed by atoms with Crippen LogP contribution in [-0.2, 0) is 0 Å². The largest absolute Gasteiger partial charge is 0.350 e. The Bertz CT molecular complexity index is 774. The lowest BCUT2D eigenvalue weighted by Gasteiger charge is -2.08. The minimum Gasteiger partial charge on any atom is -0.350 e. The van der Waals surface area contributed by atoms with E-state index in [0.29, 0.717) is 0 Å². The quantitative estimate of drug-likeness (QED) is 0.542. The van der Waals surface area contributed by atoms with Gasteiger partial charge in [-0.25, -0.2) is 0 Å². The van der Waals surface area contributed by atoms with E-state index in [0.717, 1.165) is 19.1 Å². The average molecular weight is 323 g/mol. The molecule has 3 aromatic rings. The maximum Gasteiger partial charge on any atom is 0.193 e. The number of nitrogens with zero attached hydrogens (tertiary/aromatic N) is 1. The molecular weight excluding hydrogens is 301 g/mol. The van der Waals surface area contributed by atoms with Gasteiger partial charge in [0, 0.05) is 19.3 Å². The van der Waals surface area contributed by atoms with Crippen molar-refractivity contribution in [3.63, 3.8) is 0 Å². The Balaban J connectivity index is 2.13. The van der Waals surface area contributed by atoms with Crippen LogP contribution in [0.1, 0.15) is 33.4 Å². The van der Waals surface area contributed by atoms with E-state index >= 15 is 0 Å². The monoisotopic (exact) mass is 323 g/mol. The van der Waals surface area contributed by atoms with Crippen molar-refractivity contribution in [2.24, 2.45) is 0 Å². The van der Waals surface area contributed by atoms with Gasteiger partial charge in [-0.3, -0.25) is 0 Å². The first-order chi connectivity index (χ1) is 10.9. The highest BCUT2D eigenvalue weighted by Crippen LogP contribution is 2.41. The third-order valence-electron chi connectivity index (χ3n) is 4.22. The van der Waals surface area contributed by atoms with Crippen LogP contribution < -0.4 is 0 Å². The molecule has 0 unspecified atom stereocenters. The molecule has 0 fully saturated rings. The molecule has 0 saturated carbocycles. The Morgan fingerprint density at radius 3 is 1.61 bits per heavy atom. The molecule has 0 radical (unpaired) electrons. The van der Waals surface area contributed by atoms with Crippen LogP contribution in [0.4, 0.5) is 0 Å². The van der Waals surface area contributed by atoms with Crippen molar-refractivity contribution in [3.8, 4) is 22.0 Å². The molecule has 0 atom stereocenters. The minimum absolute atomic E-state index is 0.939. The zero-order chi connectivity index (χ0) is 16.7. The van der Waals surface area contributed by atoms with E-state index in [1.807, 2.05) is 0 Å². The highest BCUT2D eigenvalue weighted by Gasteiger charge is 2.16. The summed E-state index contributed by atoms with van der Waals surface area (Å²) >= 11 is 0. The van der Waals surface area contributed by atoms with Gasteiger partial charge in [0.05, 0.1) is 0 Å². The normalized spacial score (nSPS) is 11.4. The summed E-state index contributed by atoms with van der Waals surface area (Å²) in [6.07, 6.45) is 0.